The van der Waals surface area contributed by atoms with Crippen molar-refractivity contribution < 1.29 is 19.7 Å². The quantitative estimate of drug-likeness (QED) is 0.345. The van der Waals surface area contributed by atoms with Gasteiger partial charge in [-0.25, -0.2) is 0 Å². The van der Waals surface area contributed by atoms with E-state index in [9.17, 15) is 20.6 Å². The third-order valence-corrected chi connectivity index (χ3v) is 2.79. The molecule has 1 heterocycles. The van der Waals surface area contributed by atoms with Gasteiger partial charge in [0.25, 0.3) is 22.1 Å². The van der Waals surface area contributed by atoms with Crippen molar-refractivity contribution in [3.8, 4) is 11.5 Å². The van der Waals surface area contributed by atoms with E-state index in [1.54, 1.807) is 0 Å². The molecule has 1 aromatic heterocycles. The summed E-state index contributed by atoms with van der Waals surface area (Å²) in [6.45, 7) is 0. The van der Waals surface area contributed by atoms with Crippen LogP contribution in [0.25, 0.3) is 22.1 Å². The number of benzene rings is 2. The van der Waals surface area contributed by atoms with E-state index in [4.69, 9.17) is 0 Å². The Kier molecular flexibility index (Phi) is 1.94. The van der Waals surface area contributed by atoms with Crippen LogP contribution in [0, 0.1) is 10.4 Å². The molecule has 3 rings (SSSR count). The lowest BCUT2D eigenvalue weighted by Gasteiger charge is -2.07. The first kappa shape index (κ1) is 10.4. The zero-order valence-electron chi connectivity index (χ0n) is 9.07. The SMILES string of the molecule is [O-][n+]1c2ccc(O)cc2[n+]([O-])c2ccc(O)cc21. The van der Waals surface area contributed by atoms with Gasteiger partial charge in [-0.15, -0.1) is 0 Å². The smallest absolute Gasteiger partial charge is 0.294 e. The second-order valence-electron chi connectivity index (χ2n) is 3.93. The minimum atomic E-state index is -0.0924. The van der Waals surface area contributed by atoms with Crippen LogP contribution in [0.1, 0.15) is 0 Å². The fourth-order valence-corrected chi connectivity index (χ4v) is 1.95. The molecule has 0 aliphatic heterocycles. The number of phenols is 2. The number of aromatic hydroxyl groups is 2. The van der Waals surface area contributed by atoms with Gasteiger partial charge in [-0.05, 0) is 12.1 Å². The predicted molar refractivity (Wildman–Crippen MR) is 62.7 cm³/mol. The summed E-state index contributed by atoms with van der Waals surface area (Å²) in [7, 11) is 0. The fourth-order valence-electron chi connectivity index (χ4n) is 1.95. The second-order valence-corrected chi connectivity index (χ2v) is 3.93. The van der Waals surface area contributed by atoms with Crippen molar-refractivity contribution >= 4 is 22.1 Å². The molecule has 6 nitrogen and oxygen atoms in total. The van der Waals surface area contributed by atoms with Crippen LogP contribution in [0.15, 0.2) is 36.4 Å². The molecule has 0 saturated carbocycles. The highest BCUT2D eigenvalue weighted by Gasteiger charge is 2.21. The van der Waals surface area contributed by atoms with Crippen LogP contribution in [0.5, 0.6) is 11.5 Å². The van der Waals surface area contributed by atoms with Crippen LogP contribution in [-0.4, -0.2) is 10.2 Å². The third-order valence-electron chi connectivity index (χ3n) is 2.79. The van der Waals surface area contributed by atoms with Gasteiger partial charge in [-0.1, -0.05) is 0 Å². The lowest BCUT2D eigenvalue weighted by molar-refractivity contribution is -0.591. The molecular formula is C12H8N2O4. The van der Waals surface area contributed by atoms with Crippen LogP contribution < -0.4 is 9.46 Å². The summed E-state index contributed by atoms with van der Waals surface area (Å²) in [6, 6.07) is 7.81. The Morgan fingerprint density at radius 2 is 1.06 bits per heavy atom. The topological polar surface area (TPSA) is 94.3 Å². The van der Waals surface area contributed by atoms with Gasteiger partial charge in [0.1, 0.15) is 11.5 Å². The predicted octanol–water partition coefficient (Wildman–Crippen LogP) is 0.671. The standard InChI is InChI=1S/C12H8N2O4/c15-7-1-3-9-11(5-7)14(18)10-4-2-8(16)6-12(10)13(9)17/h1-6,15-16H. The maximum Gasteiger partial charge on any atom is 0.294 e. The fraction of sp³-hybridized carbons (Fsp3) is 0. The Morgan fingerprint density at radius 1 is 0.667 bits per heavy atom. The van der Waals surface area contributed by atoms with Gasteiger partial charge in [0.15, 0.2) is 0 Å². The summed E-state index contributed by atoms with van der Waals surface area (Å²) in [6.07, 6.45) is 0. The summed E-state index contributed by atoms with van der Waals surface area (Å²) in [5.74, 6) is -0.185. The number of hydrogen-bond donors (Lipinski definition) is 2. The zero-order chi connectivity index (χ0) is 12.9. The minimum Gasteiger partial charge on any atom is -0.617 e. The first-order valence-electron chi connectivity index (χ1n) is 5.18. The van der Waals surface area contributed by atoms with Gasteiger partial charge in [0, 0.05) is 12.1 Å². The average molecular weight is 244 g/mol. The van der Waals surface area contributed by atoms with Crippen molar-refractivity contribution in [3.63, 3.8) is 0 Å². The minimum absolute atomic E-state index is 0.0724. The van der Waals surface area contributed by atoms with E-state index >= 15 is 0 Å². The average Bonchev–Trinajstić information content (AvgIpc) is 2.36. The van der Waals surface area contributed by atoms with E-state index < -0.39 is 0 Å². The highest BCUT2D eigenvalue weighted by molar-refractivity contribution is 5.78. The maximum absolute atomic E-state index is 12.1. The molecule has 0 spiro atoms. The van der Waals surface area contributed by atoms with Gasteiger partial charge in [0.05, 0.1) is 12.1 Å². The Bertz CT molecular complexity index is 718. The van der Waals surface area contributed by atoms with Crippen molar-refractivity contribution in [2.75, 3.05) is 0 Å². The van der Waals surface area contributed by atoms with Crippen LogP contribution in [0.4, 0.5) is 0 Å². The summed E-state index contributed by atoms with van der Waals surface area (Å²) < 4.78 is 1.11. The molecule has 0 atom stereocenters. The van der Waals surface area contributed by atoms with Gasteiger partial charge in [-0.2, -0.15) is 9.46 Å². The van der Waals surface area contributed by atoms with Gasteiger partial charge in [0.2, 0.25) is 0 Å². The molecule has 0 bridgehead atoms. The van der Waals surface area contributed by atoms with Crippen LogP contribution in [0.2, 0.25) is 0 Å². The Labute approximate surface area is 101 Å². The highest BCUT2D eigenvalue weighted by atomic mass is 16.5. The van der Waals surface area contributed by atoms with Crippen molar-refractivity contribution in [1.29, 1.82) is 0 Å². The molecule has 2 N–H and O–H groups in total. The lowest BCUT2D eigenvalue weighted by atomic mass is 10.2. The first-order chi connectivity index (χ1) is 8.58. The molecule has 0 radical (unpaired) electrons. The van der Waals surface area contributed by atoms with Crippen LogP contribution in [0.3, 0.4) is 0 Å². The number of phenolic OH excluding ortho intramolecular Hbond substituents is 2. The Hall–Kier alpha value is -2.76. The number of fused-ring (bicyclic) bond motifs is 2. The number of aromatic nitrogens is 2. The molecule has 0 amide bonds. The number of nitrogens with zero attached hydrogens (tertiary/aromatic N) is 2. The van der Waals surface area contributed by atoms with E-state index in [-0.39, 0.29) is 33.6 Å². The molecule has 0 unspecified atom stereocenters. The van der Waals surface area contributed by atoms with E-state index in [0.29, 0.717) is 9.46 Å². The van der Waals surface area contributed by atoms with Crippen molar-refractivity contribution in [2.24, 2.45) is 0 Å². The van der Waals surface area contributed by atoms with Crippen molar-refractivity contribution in [2.45, 2.75) is 0 Å². The van der Waals surface area contributed by atoms with Crippen LogP contribution >= 0.6 is 0 Å². The molecule has 3 aromatic rings. The lowest BCUT2D eigenvalue weighted by Crippen LogP contribution is -2.39. The molecule has 6 heteroatoms. The van der Waals surface area contributed by atoms with Gasteiger partial charge in [-0.3, -0.25) is 0 Å². The molecule has 0 aliphatic rings. The molecule has 0 aliphatic carbocycles. The molecule has 18 heavy (non-hydrogen) atoms. The Balaban J connectivity index is 2.60. The number of rotatable bonds is 0. The second kappa shape index (κ2) is 3.36. The number of hydrogen-bond acceptors (Lipinski definition) is 4. The summed E-state index contributed by atoms with van der Waals surface area (Å²) in [5.41, 5.74) is 0.396. The first-order valence-corrected chi connectivity index (χ1v) is 5.18. The third kappa shape index (κ3) is 1.29. The van der Waals surface area contributed by atoms with Gasteiger partial charge >= 0.3 is 0 Å². The normalized spacial score (nSPS) is 11.1. The summed E-state index contributed by atoms with van der Waals surface area (Å²) in [5, 5.41) is 42.9. The largest absolute Gasteiger partial charge is 0.617 e. The summed E-state index contributed by atoms with van der Waals surface area (Å²) in [4.78, 5) is 0. The highest BCUT2D eigenvalue weighted by Crippen LogP contribution is 2.19. The van der Waals surface area contributed by atoms with E-state index in [0.717, 1.165) is 0 Å². The monoisotopic (exact) mass is 244 g/mol. The maximum atomic E-state index is 12.1. The Morgan fingerprint density at radius 3 is 1.44 bits per heavy atom. The molecule has 0 saturated heterocycles. The molecule has 2 aromatic carbocycles. The van der Waals surface area contributed by atoms with Crippen molar-refractivity contribution in [1.82, 2.24) is 0 Å². The summed E-state index contributed by atoms with van der Waals surface area (Å²) >= 11 is 0. The molecular weight excluding hydrogens is 236 g/mol. The van der Waals surface area contributed by atoms with E-state index in [1.807, 2.05) is 0 Å². The van der Waals surface area contributed by atoms with Gasteiger partial charge < -0.3 is 20.6 Å². The van der Waals surface area contributed by atoms with Crippen LogP contribution in [-0.2, 0) is 0 Å². The van der Waals surface area contributed by atoms with Crippen molar-refractivity contribution in [3.05, 3.63) is 46.8 Å². The zero-order valence-corrected chi connectivity index (χ0v) is 9.07. The van der Waals surface area contributed by atoms with E-state index in [2.05, 4.69) is 0 Å². The molecule has 90 valence electrons. The molecule has 0 fully saturated rings. The van der Waals surface area contributed by atoms with E-state index in [1.165, 1.54) is 36.4 Å².